The molecule has 1 aliphatic heterocycles. The van der Waals surface area contributed by atoms with E-state index in [1.54, 1.807) is 18.3 Å². The zero-order chi connectivity index (χ0) is 20.1. The van der Waals surface area contributed by atoms with Crippen molar-refractivity contribution in [2.75, 3.05) is 31.1 Å². The van der Waals surface area contributed by atoms with E-state index in [2.05, 4.69) is 63.3 Å². The number of carboxylic acid groups (broad SMARTS) is 1. The van der Waals surface area contributed by atoms with Crippen molar-refractivity contribution in [3.63, 3.8) is 0 Å². The lowest BCUT2D eigenvalue weighted by Gasteiger charge is -2.35. The van der Waals surface area contributed by atoms with Crippen LogP contribution in [-0.2, 0) is 13.0 Å². The molecule has 148 valence electrons. The van der Waals surface area contributed by atoms with Gasteiger partial charge in [-0.05, 0) is 35.2 Å². The second-order valence-electron chi connectivity index (χ2n) is 7.43. The van der Waals surface area contributed by atoms with Crippen LogP contribution in [0.4, 0.5) is 5.82 Å². The number of aromatic carboxylic acids is 1. The molecule has 2 aromatic carbocycles. The molecular formula is C24H25N3O2. The van der Waals surface area contributed by atoms with Crippen molar-refractivity contribution in [2.24, 2.45) is 0 Å². The van der Waals surface area contributed by atoms with Crippen LogP contribution in [-0.4, -0.2) is 47.1 Å². The lowest BCUT2D eigenvalue weighted by molar-refractivity contribution is 0.0697. The van der Waals surface area contributed by atoms with Gasteiger partial charge in [-0.1, -0.05) is 54.6 Å². The first-order valence-electron chi connectivity index (χ1n) is 9.96. The molecule has 0 amide bonds. The summed E-state index contributed by atoms with van der Waals surface area (Å²) >= 11 is 0. The average Bonchev–Trinajstić information content (AvgIpc) is 2.75. The van der Waals surface area contributed by atoms with Gasteiger partial charge in [0.15, 0.2) is 0 Å². The fraction of sp³-hybridized carbons (Fsp3) is 0.250. The smallest absolute Gasteiger partial charge is 0.339 e. The molecule has 1 aliphatic rings. The second-order valence-corrected chi connectivity index (χ2v) is 7.43. The normalized spacial score (nSPS) is 14.7. The van der Waals surface area contributed by atoms with Crippen LogP contribution in [0, 0.1) is 0 Å². The summed E-state index contributed by atoms with van der Waals surface area (Å²) in [6.45, 7) is 4.24. The highest BCUT2D eigenvalue weighted by Gasteiger charge is 2.22. The van der Waals surface area contributed by atoms with Crippen molar-refractivity contribution in [2.45, 2.75) is 13.0 Å². The van der Waals surface area contributed by atoms with E-state index < -0.39 is 5.97 Å². The molecule has 2 heterocycles. The maximum absolute atomic E-state index is 11.5. The minimum Gasteiger partial charge on any atom is -0.478 e. The number of benzene rings is 2. The van der Waals surface area contributed by atoms with Gasteiger partial charge >= 0.3 is 5.97 Å². The Morgan fingerprint density at radius 1 is 0.862 bits per heavy atom. The van der Waals surface area contributed by atoms with E-state index >= 15 is 0 Å². The lowest BCUT2D eigenvalue weighted by Crippen LogP contribution is -2.46. The summed E-state index contributed by atoms with van der Waals surface area (Å²) in [4.78, 5) is 20.3. The van der Waals surface area contributed by atoms with E-state index in [-0.39, 0.29) is 5.56 Å². The van der Waals surface area contributed by atoms with E-state index in [1.165, 1.54) is 16.7 Å². The molecule has 4 rings (SSSR count). The summed E-state index contributed by atoms with van der Waals surface area (Å²) in [5.74, 6) is -0.352. The van der Waals surface area contributed by atoms with Gasteiger partial charge in [0.25, 0.3) is 0 Å². The van der Waals surface area contributed by atoms with Crippen LogP contribution >= 0.6 is 0 Å². The Hall–Kier alpha value is -3.18. The first-order chi connectivity index (χ1) is 14.2. The molecule has 0 aliphatic carbocycles. The fourth-order valence-corrected chi connectivity index (χ4v) is 3.86. The zero-order valence-corrected chi connectivity index (χ0v) is 16.4. The molecule has 29 heavy (non-hydrogen) atoms. The lowest BCUT2D eigenvalue weighted by atomic mass is 10.0. The summed E-state index contributed by atoms with van der Waals surface area (Å²) in [6, 6.07) is 22.6. The van der Waals surface area contributed by atoms with Gasteiger partial charge in [-0.3, -0.25) is 4.90 Å². The number of aromatic nitrogens is 1. The number of pyridine rings is 1. The highest BCUT2D eigenvalue weighted by molar-refractivity contribution is 5.93. The molecule has 0 saturated carbocycles. The highest BCUT2D eigenvalue weighted by atomic mass is 16.4. The van der Waals surface area contributed by atoms with Crippen LogP contribution in [0.25, 0.3) is 0 Å². The molecule has 1 N–H and O–H groups in total. The quantitative estimate of drug-likeness (QED) is 0.699. The van der Waals surface area contributed by atoms with Crippen LogP contribution in [0.3, 0.4) is 0 Å². The zero-order valence-electron chi connectivity index (χ0n) is 16.4. The van der Waals surface area contributed by atoms with Crippen LogP contribution < -0.4 is 4.90 Å². The Morgan fingerprint density at radius 3 is 2.34 bits per heavy atom. The molecule has 1 aromatic heterocycles. The Balaban J connectivity index is 1.37. The number of anilines is 1. The largest absolute Gasteiger partial charge is 0.478 e. The first-order valence-corrected chi connectivity index (χ1v) is 9.96. The second kappa shape index (κ2) is 8.88. The molecule has 5 heteroatoms. The van der Waals surface area contributed by atoms with Crippen molar-refractivity contribution in [1.82, 2.24) is 9.88 Å². The third-order valence-electron chi connectivity index (χ3n) is 5.34. The predicted octanol–water partition coefficient (Wildman–Crippen LogP) is 3.69. The number of carboxylic acids is 1. The summed E-state index contributed by atoms with van der Waals surface area (Å²) < 4.78 is 0. The Kier molecular flexibility index (Phi) is 5.86. The highest BCUT2D eigenvalue weighted by Crippen LogP contribution is 2.20. The standard InChI is InChI=1S/C24H25N3O2/c28-24(29)22-10-5-11-25-23(22)27-14-12-26(13-15-27)18-21-9-4-8-20(17-21)16-19-6-2-1-3-7-19/h1-11,17H,12-16,18H2,(H,28,29). The van der Waals surface area contributed by atoms with E-state index in [9.17, 15) is 9.90 Å². The van der Waals surface area contributed by atoms with Crippen LogP contribution in [0.2, 0.25) is 0 Å². The van der Waals surface area contributed by atoms with E-state index in [4.69, 9.17) is 0 Å². The Morgan fingerprint density at radius 2 is 1.59 bits per heavy atom. The van der Waals surface area contributed by atoms with E-state index in [1.807, 2.05) is 6.07 Å². The third-order valence-corrected chi connectivity index (χ3v) is 5.34. The maximum Gasteiger partial charge on any atom is 0.339 e. The molecule has 0 bridgehead atoms. The summed E-state index contributed by atoms with van der Waals surface area (Å²) in [5.41, 5.74) is 4.24. The number of piperazine rings is 1. The minimum absolute atomic E-state index is 0.273. The first kappa shape index (κ1) is 19.2. The van der Waals surface area contributed by atoms with Crippen molar-refractivity contribution >= 4 is 11.8 Å². The van der Waals surface area contributed by atoms with Crippen molar-refractivity contribution in [3.8, 4) is 0 Å². The minimum atomic E-state index is -0.925. The van der Waals surface area contributed by atoms with Gasteiger partial charge < -0.3 is 10.0 Å². The van der Waals surface area contributed by atoms with Crippen molar-refractivity contribution in [1.29, 1.82) is 0 Å². The van der Waals surface area contributed by atoms with Crippen LogP contribution in [0.5, 0.6) is 0 Å². The Bertz CT molecular complexity index is 967. The Labute approximate surface area is 171 Å². The monoisotopic (exact) mass is 387 g/mol. The molecular weight excluding hydrogens is 362 g/mol. The van der Waals surface area contributed by atoms with Gasteiger partial charge in [0.2, 0.25) is 0 Å². The topological polar surface area (TPSA) is 56.7 Å². The number of hydrogen-bond acceptors (Lipinski definition) is 4. The predicted molar refractivity (Wildman–Crippen MR) is 114 cm³/mol. The summed E-state index contributed by atoms with van der Waals surface area (Å²) in [6.07, 6.45) is 2.60. The molecule has 5 nitrogen and oxygen atoms in total. The molecule has 1 fully saturated rings. The van der Waals surface area contributed by atoms with Gasteiger partial charge in [0.1, 0.15) is 11.4 Å². The molecule has 0 spiro atoms. The summed E-state index contributed by atoms with van der Waals surface area (Å²) in [5, 5.41) is 9.40. The summed E-state index contributed by atoms with van der Waals surface area (Å²) in [7, 11) is 0. The average molecular weight is 387 g/mol. The number of hydrogen-bond donors (Lipinski definition) is 1. The molecule has 1 saturated heterocycles. The third kappa shape index (κ3) is 4.81. The molecule has 3 aromatic rings. The molecule has 0 atom stereocenters. The number of carbonyl (C=O) groups is 1. The molecule has 0 unspecified atom stereocenters. The van der Waals surface area contributed by atoms with Gasteiger partial charge in [-0.25, -0.2) is 9.78 Å². The van der Waals surface area contributed by atoms with E-state index in [0.717, 1.165) is 39.1 Å². The van der Waals surface area contributed by atoms with Crippen LogP contribution in [0.15, 0.2) is 72.9 Å². The van der Waals surface area contributed by atoms with Crippen molar-refractivity contribution in [3.05, 3.63) is 95.2 Å². The fourth-order valence-electron chi connectivity index (χ4n) is 3.86. The van der Waals surface area contributed by atoms with Gasteiger partial charge in [0, 0.05) is 38.9 Å². The molecule has 0 radical (unpaired) electrons. The van der Waals surface area contributed by atoms with Crippen LogP contribution in [0.1, 0.15) is 27.0 Å². The number of nitrogens with zero attached hydrogens (tertiary/aromatic N) is 3. The van der Waals surface area contributed by atoms with E-state index in [0.29, 0.717) is 5.82 Å². The maximum atomic E-state index is 11.5. The number of rotatable bonds is 6. The van der Waals surface area contributed by atoms with Gasteiger partial charge in [0.05, 0.1) is 0 Å². The van der Waals surface area contributed by atoms with Crippen molar-refractivity contribution < 1.29 is 9.90 Å². The van der Waals surface area contributed by atoms with Gasteiger partial charge in [-0.15, -0.1) is 0 Å². The SMILES string of the molecule is O=C(O)c1cccnc1N1CCN(Cc2cccc(Cc3ccccc3)c2)CC1. The van der Waals surface area contributed by atoms with Gasteiger partial charge in [-0.2, -0.15) is 0 Å².